The maximum atomic E-state index is 12.8. The van der Waals surface area contributed by atoms with Crippen molar-refractivity contribution >= 4 is 11.6 Å². The number of anilines is 1. The molecule has 2 aliphatic heterocycles. The molecule has 3 N–H and O–H groups in total. The van der Waals surface area contributed by atoms with Crippen molar-refractivity contribution in [1.29, 1.82) is 0 Å². The number of ether oxygens (including phenoxy) is 1. The Kier molecular flexibility index (Phi) is 7.14. The quantitative estimate of drug-likeness (QED) is 0.590. The third-order valence-electron chi connectivity index (χ3n) is 5.97. The molecule has 1 amide bonds. The first kappa shape index (κ1) is 21.7. The summed E-state index contributed by atoms with van der Waals surface area (Å²) in [6.07, 6.45) is -1.56. The predicted octanol–water partition coefficient (Wildman–Crippen LogP) is 0.399. The minimum Gasteiger partial charge on any atom is -0.388 e. The second-order valence-corrected chi connectivity index (χ2v) is 8.05. The van der Waals surface area contributed by atoms with Gasteiger partial charge in [-0.2, -0.15) is 0 Å². The number of para-hydroxylation sites is 1. The highest BCUT2D eigenvalue weighted by Gasteiger charge is 2.43. The molecule has 0 unspecified atom stereocenters. The molecule has 0 spiro atoms. The molecule has 8 heteroatoms. The maximum absolute atomic E-state index is 12.8. The number of carbonyl (C=O) groups excluding carboxylic acids is 1. The molecular weight excluding hydrogens is 396 g/mol. The Bertz CT molecular complexity index is 830. The van der Waals surface area contributed by atoms with Gasteiger partial charge in [0.05, 0.1) is 24.3 Å². The van der Waals surface area contributed by atoms with Gasteiger partial charge in [0.25, 0.3) is 0 Å². The number of hydrogen-bond donors (Lipinski definition) is 3. The van der Waals surface area contributed by atoms with Gasteiger partial charge >= 0.3 is 0 Å². The van der Waals surface area contributed by atoms with Crippen LogP contribution in [0, 0.1) is 0 Å². The second-order valence-electron chi connectivity index (χ2n) is 8.05. The number of aliphatic hydroxyl groups excluding tert-OH is 2. The first-order valence-electron chi connectivity index (χ1n) is 10.8. The molecule has 4 rings (SSSR count). The third-order valence-corrected chi connectivity index (χ3v) is 5.97. The van der Waals surface area contributed by atoms with Crippen LogP contribution in [0.3, 0.4) is 0 Å². The van der Waals surface area contributed by atoms with Gasteiger partial charge in [-0.1, -0.05) is 24.3 Å². The number of carbonyl (C=O) groups is 1. The number of amides is 1. The van der Waals surface area contributed by atoms with E-state index in [4.69, 9.17) is 4.74 Å². The zero-order valence-corrected chi connectivity index (χ0v) is 17.5. The lowest BCUT2D eigenvalue weighted by atomic mass is 10.0. The third kappa shape index (κ3) is 5.40. The predicted molar refractivity (Wildman–Crippen MR) is 116 cm³/mol. The number of hydrogen-bond acceptors (Lipinski definition) is 7. The van der Waals surface area contributed by atoms with Crippen molar-refractivity contribution < 1.29 is 19.7 Å². The Morgan fingerprint density at radius 3 is 2.42 bits per heavy atom. The van der Waals surface area contributed by atoms with Crippen LogP contribution in [0.1, 0.15) is 12.1 Å². The van der Waals surface area contributed by atoms with E-state index < -0.39 is 24.4 Å². The fraction of sp³-hybridized carbons (Fsp3) is 0.478. The van der Waals surface area contributed by atoms with E-state index in [1.807, 2.05) is 41.3 Å². The molecule has 0 bridgehead atoms. The van der Waals surface area contributed by atoms with Crippen molar-refractivity contribution in [3.05, 3.63) is 60.4 Å². The Morgan fingerprint density at radius 1 is 1.00 bits per heavy atom. The monoisotopic (exact) mass is 426 g/mol. The highest BCUT2D eigenvalue weighted by atomic mass is 16.5. The van der Waals surface area contributed by atoms with E-state index in [2.05, 4.69) is 27.3 Å². The molecule has 1 aromatic carbocycles. The summed E-state index contributed by atoms with van der Waals surface area (Å²) < 4.78 is 5.84. The summed E-state index contributed by atoms with van der Waals surface area (Å²) in [6.45, 7) is 3.72. The summed E-state index contributed by atoms with van der Waals surface area (Å²) in [6, 6.07) is 15.8. The molecular formula is C23H30N4O4. The molecule has 2 fully saturated rings. The van der Waals surface area contributed by atoms with Crippen molar-refractivity contribution in [2.75, 3.05) is 37.6 Å². The van der Waals surface area contributed by atoms with Crippen LogP contribution < -0.4 is 10.2 Å². The molecule has 0 aliphatic carbocycles. The highest BCUT2D eigenvalue weighted by Crippen LogP contribution is 2.25. The summed E-state index contributed by atoms with van der Waals surface area (Å²) >= 11 is 0. The van der Waals surface area contributed by atoms with Gasteiger partial charge < -0.3 is 30.1 Å². The van der Waals surface area contributed by atoms with Crippen LogP contribution in [0.15, 0.2) is 54.7 Å². The number of piperazine rings is 1. The average Bonchev–Trinajstić information content (AvgIpc) is 3.08. The Balaban J connectivity index is 1.23. The Labute approximate surface area is 182 Å². The van der Waals surface area contributed by atoms with Crippen LogP contribution in [-0.2, 0) is 16.1 Å². The molecule has 8 nitrogen and oxygen atoms in total. The smallest absolute Gasteiger partial charge is 0.225 e. The maximum Gasteiger partial charge on any atom is 0.225 e. The topological polar surface area (TPSA) is 98.2 Å². The van der Waals surface area contributed by atoms with E-state index in [0.717, 1.165) is 24.5 Å². The lowest BCUT2D eigenvalue weighted by molar-refractivity contribution is -0.135. The molecule has 166 valence electrons. The van der Waals surface area contributed by atoms with Gasteiger partial charge in [0, 0.05) is 51.2 Å². The molecule has 4 atom stereocenters. The van der Waals surface area contributed by atoms with E-state index in [0.29, 0.717) is 26.2 Å². The van der Waals surface area contributed by atoms with Crippen LogP contribution in [0.2, 0.25) is 0 Å². The number of aromatic nitrogens is 1. The fourth-order valence-electron chi connectivity index (χ4n) is 4.16. The van der Waals surface area contributed by atoms with Crippen LogP contribution in [-0.4, -0.2) is 83.1 Å². The number of rotatable bonds is 7. The lowest BCUT2D eigenvalue weighted by Gasteiger charge is -2.36. The summed E-state index contributed by atoms with van der Waals surface area (Å²) in [5.74, 6) is -0.0499. The molecule has 2 aromatic rings. The van der Waals surface area contributed by atoms with E-state index in [1.165, 1.54) is 0 Å². The lowest BCUT2D eigenvalue weighted by Crippen LogP contribution is -2.49. The van der Waals surface area contributed by atoms with Gasteiger partial charge in [0.1, 0.15) is 12.2 Å². The molecule has 2 saturated heterocycles. The van der Waals surface area contributed by atoms with Crippen LogP contribution in [0.4, 0.5) is 5.69 Å². The van der Waals surface area contributed by atoms with Gasteiger partial charge in [-0.25, -0.2) is 0 Å². The van der Waals surface area contributed by atoms with Crippen molar-refractivity contribution in [1.82, 2.24) is 15.2 Å². The fourth-order valence-corrected chi connectivity index (χ4v) is 4.16. The van der Waals surface area contributed by atoms with E-state index in [-0.39, 0.29) is 12.3 Å². The van der Waals surface area contributed by atoms with Gasteiger partial charge in [0.2, 0.25) is 5.91 Å². The summed E-state index contributed by atoms with van der Waals surface area (Å²) in [5, 5.41) is 23.9. The zero-order valence-electron chi connectivity index (χ0n) is 17.5. The number of pyridine rings is 1. The largest absolute Gasteiger partial charge is 0.388 e. The van der Waals surface area contributed by atoms with Gasteiger partial charge in [0.15, 0.2) is 0 Å². The minimum atomic E-state index is -1.07. The number of nitrogens with zero attached hydrogens (tertiary/aromatic N) is 3. The Morgan fingerprint density at radius 2 is 1.71 bits per heavy atom. The van der Waals surface area contributed by atoms with Crippen molar-refractivity contribution in [3.8, 4) is 0 Å². The molecule has 0 radical (unpaired) electrons. The average molecular weight is 427 g/mol. The highest BCUT2D eigenvalue weighted by molar-refractivity contribution is 5.77. The normalized spacial score (nSPS) is 26.3. The molecule has 0 saturated carbocycles. The van der Waals surface area contributed by atoms with E-state index >= 15 is 0 Å². The Hall–Kier alpha value is -2.52. The molecule has 1 aromatic heterocycles. The number of benzene rings is 1. The molecule has 3 heterocycles. The van der Waals surface area contributed by atoms with Crippen LogP contribution in [0.5, 0.6) is 0 Å². The van der Waals surface area contributed by atoms with Crippen LogP contribution in [0.25, 0.3) is 0 Å². The van der Waals surface area contributed by atoms with E-state index in [1.54, 1.807) is 6.20 Å². The number of aliphatic hydroxyl groups is 2. The van der Waals surface area contributed by atoms with Gasteiger partial charge in [-0.3, -0.25) is 9.78 Å². The van der Waals surface area contributed by atoms with E-state index in [9.17, 15) is 15.0 Å². The zero-order chi connectivity index (χ0) is 21.6. The van der Waals surface area contributed by atoms with Crippen LogP contribution >= 0.6 is 0 Å². The second kappa shape index (κ2) is 10.2. The van der Waals surface area contributed by atoms with Crippen molar-refractivity contribution in [2.45, 2.75) is 37.4 Å². The molecule has 31 heavy (non-hydrogen) atoms. The summed E-state index contributed by atoms with van der Waals surface area (Å²) in [5.41, 5.74) is 2.05. The minimum absolute atomic E-state index is 0.0499. The van der Waals surface area contributed by atoms with Crippen molar-refractivity contribution in [3.63, 3.8) is 0 Å². The summed E-state index contributed by atoms with van der Waals surface area (Å²) in [4.78, 5) is 21.1. The van der Waals surface area contributed by atoms with Crippen molar-refractivity contribution in [2.24, 2.45) is 0 Å². The summed E-state index contributed by atoms with van der Waals surface area (Å²) in [7, 11) is 0. The SMILES string of the molecule is O=C(C[C@@H]1O[C@H](CNCc2ccccn2)[C@@H](O)[C@H]1O)N1CCN(c2ccccc2)CC1. The first-order valence-corrected chi connectivity index (χ1v) is 10.8. The first-order chi connectivity index (χ1) is 15.1. The van der Waals surface area contributed by atoms with Gasteiger partial charge in [-0.05, 0) is 24.3 Å². The standard InChI is InChI=1S/C23H30N4O4/c28-21(27-12-10-26(11-13-27)18-7-2-1-3-8-18)14-19-22(29)23(30)20(31-19)16-24-15-17-6-4-5-9-25-17/h1-9,19-20,22-24,29-30H,10-16H2/t19-,20+,22-,23+/m0/s1. The number of nitrogens with one attached hydrogen (secondary N) is 1. The van der Waals surface area contributed by atoms with Gasteiger partial charge in [-0.15, -0.1) is 0 Å². The molecule has 2 aliphatic rings.